The Hall–Kier alpha value is -3.19. The Morgan fingerprint density at radius 3 is 2.73 bits per heavy atom. The fourth-order valence-electron chi connectivity index (χ4n) is 3.96. The third-order valence-electron chi connectivity index (χ3n) is 5.66. The van der Waals surface area contributed by atoms with Gasteiger partial charge in [0.05, 0.1) is 0 Å². The van der Waals surface area contributed by atoms with E-state index in [1.165, 1.54) is 23.9 Å². The second-order valence-corrected chi connectivity index (χ2v) is 8.85. The zero-order valence-corrected chi connectivity index (χ0v) is 19.8. The first-order valence-corrected chi connectivity index (χ1v) is 12.1. The predicted molar refractivity (Wildman–Crippen MR) is 132 cm³/mol. The minimum absolute atomic E-state index is 0.0981. The van der Waals surface area contributed by atoms with Gasteiger partial charge in [0.1, 0.15) is 17.4 Å². The van der Waals surface area contributed by atoms with Crippen LogP contribution in [0.3, 0.4) is 0 Å². The van der Waals surface area contributed by atoms with Crippen molar-refractivity contribution in [2.24, 2.45) is 0 Å². The van der Waals surface area contributed by atoms with Crippen LogP contribution in [0.2, 0.25) is 0 Å². The summed E-state index contributed by atoms with van der Waals surface area (Å²) in [6, 6.07) is 15.8. The van der Waals surface area contributed by atoms with Gasteiger partial charge in [-0.15, -0.1) is 0 Å². The predicted octanol–water partition coefficient (Wildman–Crippen LogP) is 6.32. The molecule has 170 valence electrons. The van der Waals surface area contributed by atoms with Crippen molar-refractivity contribution in [1.29, 1.82) is 0 Å². The lowest BCUT2D eigenvalue weighted by molar-refractivity contribution is -0.119. The second-order valence-electron chi connectivity index (χ2n) is 7.90. The zero-order chi connectivity index (χ0) is 23.4. The van der Waals surface area contributed by atoms with Crippen molar-refractivity contribution in [1.82, 2.24) is 14.5 Å². The summed E-state index contributed by atoms with van der Waals surface area (Å²) in [7, 11) is 0. The van der Waals surface area contributed by atoms with Gasteiger partial charge in [0.25, 0.3) is 0 Å². The lowest BCUT2D eigenvalue weighted by Crippen LogP contribution is -2.27. The van der Waals surface area contributed by atoms with E-state index >= 15 is 0 Å². The molecule has 2 aromatic carbocycles. The molecule has 0 fully saturated rings. The van der Waals surface area contributed by atoms with Crippen LogP contribution in [0.4, 0.5) is 10.1 Å². The number of benzene rings is 2. The van der Waals surface area contributed by atoms with Crippen molar-refractivity contribution in [3.05, 3.63) is 83.3 Å². The summed E-state index contributed by atoms with van der Waals surface area (Å²) < 4.78 is 15.6. The molecule has 0 spiro atoms. The van der Waals surface area contributed by atoms with E-state index in [-0.39, 0.29) is 11.7 Å². The molecule has 1 amide bonds. The normalized spacial score (nSPS) is 12.1. The van der Waals surface area contributed by atoms with Crippen molar-refractivity contribution >= 4 is 34.5 Å². The average molecular weight is 463 g/mol. The molecule has 7 heteroatoms. The lowest BCUT2D eigenvalue weighted by atomic mass is 10.1. The van der Waals surface area contributed by atoms with Gasteiger partial charge in [-0.25, -0.2) is 14.4 Å². The van der Waals surface area contributed by atoms with Gasteiger partial charge in [-0.05, 0) is 60.7 Å². The van der Waals surface area contributed by atoms with E-state index in [0.717, 1.165) is 34.3 Å². The Labute approximate surface area is 197 Å². The van der Waals surface area contributed by atoms with E-state index in [4.69, 9.17) is 4.98 Å². The maximum absolute atomic E-state index is 13.6. The number of hydrogen-bond acceptors (Lipinski definition) is 4. The Kier molecular flexibility index (Phi) is 7.08. The molecule has 0 aliphatic rings. The molecule has 0 saturated heterocycles. The fraction of sp³-hybridized carbons (Fsp3) is 0.269. The second kappa shape index (κ2) is 10.2. The number of halogens is 1. The van der Waals surface area contributed by atoms with Crippen LogP contribution >= 0.6 is 11.8 Å². The van der Waals surface area contributed by atoms with Gasteiger partial charge in [0, 0.05) is 17.6 Å². The molecule has 1 atom stereocenters. The highest BCUT2D eigenvalue weighted by Gasteiger charge is 2.26. The van der Waals surface area contributed by atoms with Gasteiger partial charge in [-0.1, -0.05) is 55.9 Å². The van der Waals surface area contributed by atoms with E-state index in [0.29, 0.717) is 23.0 Å². The number of carbonyl (C=O) groups is 1. The van der Waals surface area contributed by atoms with Crippen LogP contribution in [0, 0.1) is 12.7 Å². The van der Waals surface area contributed by atoms with E-state index in [1.54, 1.807) is 12.3 Å². The molecule has 2 aromatic heterocycles. The van der Waals surface area contributed by atoms with Crippen molar-refractivity contribution in [2.45, 2.75) is 50.6 Å². The number of hydrogen-bond donors (Lipinski definition) is 1. The summed E-state index contributed by atoms with van der Waals surface area (Å²) in [5.41, 5.74) is 5.27. The number of aryl methyl sites for hydroxylation is 2. The molecule has 2 heterocycles. The van der Waals surface area contributed by atoms with Crippen molar-refractivity contribution < 1.29 is 9.18 Å². The molecule has 0 bridgehead atoms. The quantitative estimate of drug-likeness (QED) is 0.311. The van der Waals surface area contributed by atoms with Crippen molar-refractivity contribution in [3.63, 3.8) is 0 Å². The van der Waals surface area contributed by atoms with Gasteiger partial charge in [-0.2, -0.15) is 0 Å². The zero-order valence-electron chi connectivity index (χ0n) is 19.0. The number of pyridine rings is 1. The molecule has 33 heavy (non-hydrogen) atoms. The first kappa shape index (κ1) is 23.0. The molecule has 5 nitrogen and oxygen atoms in total. The summed E-state index contributed by atoms with van der Waals surface area (Å²) in [5, 5.41) is 3.86. The highest BCUT2D eigenvalue weighted by Crippen LogP contribution is 2.32. The number of para-hydroxylation sites is 1. The molecular formula is C26H27FN4OS. The summed E-state index contributed by atoms with van der Waals surface area (Å²) >= 11 is 1.48. The molecule has 4 aromatic rings. The smallest absolute Gasteiger partial charge is 0.247 e. The van der Waals surface area contributed by atoms with Crippen LogP contribution in [-0.2, 0) is 17.0 Å². The first-order valence-electron chi connectivity index (χ1n) is 11.1. The van der Waals surface area contributed by atoms with E-state index in [2.05, 4.69) is 17.2 Å². The SMILES string of the molecule is CCc1cccc(C)c1NC(=O)[C@H](CC)n1c(SCc2cccc(F)c2)nc2cccnc21. The molecule has 4 rings (SSSR count). The first-order chi connectivity index (χ1) is 16.0. The summed E-state index contributed by atoms with van der Waals surface area (Å²) in [6.45, 7) is 6.07. The van der Waals surface area contributed by atoms with Crippen LogP contribution in [0.25, 0.3) is 11.2 Å². The van der Waals surface area contributed by atoms with E-state index in [1.807, 2.05) is 54.8 Å². The number of fused-ring (bicyclic) bond motifs is 1. The van der Waals surface area contributed by atoms with Gasteiger partial charge < -0.3 is 5.32 Å². The number of thioether (sulfide) groups is 1. The topological polar surface area (TPSA) is 59.8 Å². The summed E-state index contributed by atoms with van der Waals surface area (Å²) in [4.78, 5) is 22.8. The van der Waals surface area contributed by atoms with Crippen molar-refractivity contribution in [3.8, 4) is 0 Å². The maximum Gasteiger partial charge on any atom is 0.247 e. The molecule has 0 radical (unpaired) electrons. The molecule has 0 aliphatic carbocycles. The van der Waals surface area contributed by atoms with Gasteiger partial charge in [-0.3, -0.25) is 9.36 Å². The standard InChI is InChI=1S/C26H27FN4OS/c1-4-19-11-6-9-17(3)23(19)30-25(32)22(5-2)31-24-21(13-8-14-28-24)29-26(31)33-16-18-10-7-12-20(27)15-18/h6-15,22H,4-5,16H2,1-3H3,(H,30,32)/t22-/m0/s1. The van der Waals surface area contributed by atoms with Crippen LogP contribution in [0.1, 0.15) is 43.0 Å². The van der Waals surface area contributed by atoms with Crippen LogP contribution < -0.4 is 5.32 Å². The molecule has 0 unspecified atom stereocenters. The molecule has 0 saturated carbocycles. The van der Waals surface area contributed by atoms with Gasteiger partial charge >= 0.3 is 0 Å². The van der Waals surface area contributed by atoms with E-state index < -0.39 is 6.04 Å². The number of imidazole rings is 1. The third kappa shape index (κ3) is 4.93. The Balaban J connectivity index is 1.69. The van der Waals surface area contributed by atoms with Gasteiger partial charge in [0.15, 0.2) is 10.8 Å². The molecular weight excluding hydrogens is 435 g/mol. The minimum atomic E-state index is -0.482. The van der Waals surface area contributed by atoms with Crippen LogP contribution in [0.15, 0.2) is 66.0 Å². The monoisotopic (exact) mass is 462 g/mol. The number of carbonyl (C=O) groups excluding carboxylic acids is 1. The summed E-state index contributed by atoms with van der Waals surface area (Å²) in [6.07, 6.45) is 3.12. The Morgan fingerprint density at radius 1 is 1.15 bits per heavy atom. The minimum Gasteiger partial charge on any atom is -0.324 e. The number of nitrogens with one attached hydrogen (secondary N) is 1. The maximum atomic E-state index is 13.6. The fourth-order valence-corrected chi connectivity index (χ4v) is 4.95. The number of rotatable bonds is 8. The third-order valence-corrected chi connectivity index (χ3v) is 6.69. The Bertz CT molecular complexity index is 1290. The van der Waals surface area contributed by atoms with Crippen molar-refractivity contribution in [2.75, 3.05) is 5.32 Å². The van der Waals surface area contributed by atoms with Crippen LogP contribution in [-0.4, -0.2) is 20.4 Å². The van der Waals surface area contributed by atoms with E-state index in [9.17, 15) is 9.18 Å². The molecule has 1 N–H and O–H groups in total. The highest BCUT2D eigenvalue weighted by molar-refractivity contribution is 7.98. The highest BCUT2D eigenvalue weighted by atomic mass is 32.2. The average Bonchev–Trinajstić information content (AvgIpc) is 3.18. The number of aromatic nitrogens is 3. The Morgan fingerprint density at radius 2 is 1.97 bits per heavy atom. The lowest BCUT2D eigenvalue weighted by Gasteiger charge is -2.21. The summed E-state index contributed by atoms with van der Waals surface area (Å²) in [5.74, 6) is 0.176. The molecule has 0 aliphatic heterocycles. The number of anilines is 1. The largest absolute Gasteiger partial charge is 0.324 e. The number of nitrogens with zero attached hydrogens (tertiary/aromatic N) is 3. The van der Waals surface area contributed by atoms with Crippen LogP contribution in [0.5, 0.6) is 0 Å². The number of amides is 1. The van der Waals surface area contributed by atoms with Gasteiger partial charge in [0.2, 0.25) is 5.91 Å².